The van der Waals surface area contributed by atoms with Crippen molar-refractivity contribution in [2.75, 3.05) is 6.61 Å². The largest absolute Gasteiger partial charge is 0.396 e. The van der Waals surface area contributed by atoms with Gasteiger partial charge < -0.3 is 10.4 Å². The third-order valence-corrected chi connectivity index (χ3v) is 3.81. The van der Waals surface area contributed by atoms with E-state index in [-0.39, 0.29) is 24.0 Å². The van der Waals surface area contributed by atoms with Crippen LogP contribution in [-0.2, 0) is 0 Å². The first-order valence-electron chi connectivity index (χ1n) is 6.75. The molecule has 3 nitrogen and oxygen atoms in total. The summed E-state index contributed by atoms with van der Waals surface area (Å²) in [6.45, 7) is 6.76. The normalized spacial score (nSPS) is 27.5. The summed E-state index contributed by atoms with van der Waals surface area (Å²) in [7, 11) is 0. The fourth-order valence-corrected chi connectivity index (χ4v) is 2.64. The molecule has 1 aliphatic rings. The van der Waals surface area contributed by atoms with Crippen LogP contribution in [0.3, 0.4) is 0 Å². The van der Waals surface area contributed by atoms with Gasteiger partial charge >= 0.3 is 0 Å². The van der Waals surface area contributed by atoms with Crippen molar-refractivity contribution in [3.63, 3.8) is 0 Å². The Labute approximate surface area is 105 Å². The average molecular weight is 238 g/mol. The van der Waals surface area contributed by atoms with Crippen molar-refractivity contribution in [3.8, 4) is 6.07 Å². The van der Waals surface area contributed by atoms with Gasteiger partial charge in [-0.3, -0.25) is 0 Å². The van der Waals surface area contributed by atoms with E-state index in [4.69, 9.17) is 10.4 Å². The molecule has 17 heavy (non-hydrogen) atoms. The van der Waals surface area contributed by atoms with E-state index >= 15 is 0 Å². The van der Waals surface area contributed by atoms with Crippen molar-refractivity contribution in [1.82, 2.24) is 5.32 Å². The summed E-state index contributed by atoms with van der Waals surface area (Å²) in [6, 6.07) is 3.02. The van der Waals surface area contributed by atoms with Crippen LogP contribution < -0.4 is 5.32 Å². The van der Waals surface area contributed by atoms with Gasteiger partial charge in [-0.1, -0.05) is 33.6 Å². The molecule has 98 valence electrons. The van der Waals surface area contributed by atoms with Crippen molar-refractivity contribution in [2.45, 2.75) is 65.0 Å². The molecule has 0 spiro atoms. The minimum absolute atomic E-state index is 0.125. The Kier molecular flexibility index (Phi) is 5.42. The van der Waals surface area contributed by atoms with Gasteiger partial charge in [0.1, 0.15) is 0 Å². The second-order valence-corrected chi connectivity index (χ2v) is 6.22. The van der Waals surface area contributed by atoms with Gasteiger partial charge in [-0.25, -0.2) is 0 Å². The minimum atomic E-state index is 0.125. The van der Waals surface area contributed by atoms with Crippen molar-refractivity contribution >= 4 is 0 Å². The number of nitrogens with zero attached hydrogens (tertiary/aromatic N) is 1. The molecule has 0 aromatic heterocycles. The van der Waals surface area contributed by atoms with Crippen molar-refractivity contribution in [1.29, 1.82) is 5.26 Å². The highest BCUT2D eigenvalue weighted by Gasteiger charge is 2.31. The molecule has 0 aromatic rings. The van der Waals surface area contributed by atoms with Gasteiger partial charge in [0.05, 0.1) is 12.0 Å². The summed E-state index contributed by atoms with van der Waals surface area (Å²) < 4.78 is 0. The molecule has 3 unspecified atom stereocenters. The summed E-state index contributed by atoms with van der Waals surface area (Å²) in [6.07, 6.45) is 5.26. The third-order valence-electron chi connectivity index (χ3n) is 3.81. The number of hydrogen-bond acceptors (Lipinski definition) is 3. The van der Waals surface area contributed by atoms with Crippen LogP contribution in [0.5, 0.6) is 0 Å². The number of hydrogen-bond donors (Lipinski definition) is 2. The van der Waals surface area contributed by atoms with Gasteiger partial charge in [-0.2, -0.15) is 5.26 Å². The van der Waals surface area contributed by atoms with Gasteiger partial charge in [0.2, 0.25) is 0 Å². The zero-order valence-corrected chi connectivity index (χ0v) is 11.4. The predicted molar refractivity (Wildman–Crippen MR) is 69.4 cm³/mol. The first kappa shape index (κ1) is 14.5. The Morgan fingerprint density at radius 1 is 1.35 bits per heavy atom. The van der Waals surface area contributed by atoms with E-state index in [9.17, 15) is 0 Å². The standard InChI is InChI=1S/C14H26N2O/c1-14(2,3)13(8-9-17)16-12-7-5-4-6-11(12)10-15/h11-13,16-17H,4-9H2,1-3H3. The molecule has 0 aromatic carbocycles. The molecule has 2 N–H and O–H groups in total. The second-order valence-electron chi connectivity index (χ2n) is 6.22. The maximum atomic E-state index is 9.17. The second kappa shape index (κ2) is 6.37. The quantitative estimate of drug-likeness (QED) is 0.791. The molecule has 0 saturated heterocycles. The number of aliphatic hydroxyl groups is 1. The van der Waals surface area contributed by atoms with E-state index in [1.165, 1.54) is 12.8 Å². The number of aliphatic hydroxyl groups excluding tert-OH is 1. The summed E-state index contributed by atoms with van der Waals surface area (Å²) in [5, 5.41) is 21.9. The molecule has 0 heterocycles. The molecule has 0 aliphatic heterocycles. The zero-order valence-electron chi connectivity index (χ0n) is 11.4. The topological polar surface area (TPSA) is 56.0 Å². The summed E-state index contributed by atoms with van der Waals surface area (Å²) in [5.41, 5.74) is 0.125. The Morgan fingerprint density at radius 2 is 2.00 bits per heavy atom. The van der Waals surface area contributed by atoms with Crippen molar-refractivity contribution in [2.24, 2.45) is 11.3 Å². The Bertz CT molecular complexity index is 264. The number of nitrogens with one attached hydrogen (secondary N) is 1. The van der Waals surface area contributed by atoms with Gasteiger partial charge in [-0.05, 0) is 24.7 Å². The highest BCUT2D eigenvalue weighted by molar-refractivity contribution is 4.97. The molecule has 1 saturated carbocycles. The van der Waals surface area contributed by atoms with Gasteiger partial charge in [0, 0.05) is 18.7 Å². The van der Waals surface area contributed by atoms with Crippen molar-refractivity contribution in [3.05, 3.63) is 0 Å². The van der Waals surface area contributed by atoms with E-state index in [2.05, 4.69) is 32.2 Å². The Hall–Kier alpha value is -0.590. The summed E-state index contributed by atoms with van der Waals surface area (Å²) in [4.78, 5) is 0. The van der Waals surface area contributed by atoms with E-state index in [1.54, 1.807) is 0 Å². The highest BCUT2D eigenvalue weighted by Crippen LogP contribution is 2.28. The van der Waals surface area contributed by atoms with Crippen LogP contribution >= 0.6 is 0 Å². The van der Waals surface area contributed by atoms with Crippen LogP contribution in [0.4, 0.5) is 0 Å². The molecular formula is C14H26N2O. The highest BCUT2D eigenvalue weighted by atomic mass is 16.3. The van der Waals surface area contributed by atoms with Gasteiger partial charge in [0.15, 0.2) is 0 Å². The van der Waals surface area contributed by atoms with Crippen LogP contribution in [0.1, 0.15) is 52.9 Å². The van der Waals surface area contributed by atoms with E-state index in [0.717, 1.165) is 19.3 Å². The fraction of sp³-hybridized carbons (Fsp3) is 0.929. The SMILES string of the molecule is CC(C)(C)C(CCO)NC1CCCCC1C#N. The van der Waals surface area contributed by atoms with E-state index in [0.29, 0.717) is 6.04 Å². The van der Waals surface area contributed by atoms with Crippen molar-refractivity contribution < 1.29 is 5.11 Å². The van der Waals surface area contributed by atoms with Crippen LogP contribution in [0.15, 0.2) is 0 Å². The molecule has 0 amide bonds. The summed E-state index contributed by atoms with van der Waals surface area (Å²) >= 11 is 0. The fourth-order valence-electron chi connectivity index (χ4n) is 2.64. The maximum absolute atomic E-state index is 9.17. The third kappa shape index (κ3) is 4.29. The molecule has 0 radical (unpaired) electrons. The molecule has 3 heteroatoms. The Morgan fingerprint density at radius 3 is 2.53 bits per heavy atom. The molecule has 1 rings (SSSR count). The lowest BCUT2D eigenvalue weighted by molar-refractivity contribution is 0.164. The van der Waals surface area contributed by atoms with Gasteiger partial charge in [-0.15, -0.1) is 0 Å². The minimum Gasteiger partial charge on any atom is -0.396 e. The molecule has 1 aliphatic carbocycles. The monoisotopic (exact) mass is 238 g/mol. The van der Waals surface area contributed by atoms with Gasteiger partial charge in [0.25, 0.3) is 0 Å². The molecular weight excluding hydrogens is 212 g/mol. The van der Waals surface area contributed by atoms with Crippen LogP contribution in [0, 0.1) is 22.7 Å². The van der Waals surface area contributed by atoms with Crippen LogP contribution in [0.25, 0.3) is 0 Å². The smallest absolute Gasteiger partial charge is 0.0672 e. The maximum Gasteiger partial charge on any atom is 0.0672 e. The zero-order chi connectivity index (χ0) is 12.9. The summed E-state index contributed by atoms with van der Waals surface area (Å²) in [5.74, 6) is 0.146. The molecule has 3 atom stereocenters. The number of rotatable bonds is 4. The average Bonchev–Trinajstić information content (AvgIpc) is 2.28. The van der Waals surface area contributed by atoms with E-state index in [1.807, 2.05) is 0 Å². The van der Waals surface area contributed by atoms with Crippen LogP contribution in [0.2, 0.25) is 0 Å². The molecule has 1 fully saturated rings. The lowest BCUT2D eigenvalue weighted by Gasteiger charge is -2.37. The molecule has 0 bridgehead atoms. The first-order chi connectivity index (χ1) is 7.99. The predicted octanol–water partition coefficient (Wildman–Crippen LogP) is 2.46. The first-order valence-corrected chi connectivity index (χ1v) is 6.75. The lowest BCUT2D eigenvalue weighted by Crippen LogP contribution is -2.49. The lowest BCUT2D eigenvalue weighted by atomic mass is 9.80. The van der Waals surface area contributed by atoms with Crippen LogP contribution in [-0.4, -0.2) is 23.8 Å². The van der Waals surface area contributed by atoms with E-state index < -0.39 is 0 Å². The Balaban J connectivity index is 2.62. The number of nitriles is 1.